The smallest absolute Gasteiger partial charge is 0.0624 e. The molecule has 0 aromatic rings. The van der Waals surface area contributed by atoms with Crippen LogP contribution >= 0.6 is 0 Å². The maximum atomic E-state index is 3.54. The molecule has 0 atom stereocenters. The highest BCUT2D eigenvalue weighted by Crippen LogP contribution is 2.12. The van der Waals surface area contributed by atoms with Gasteiger partial charge in [0.05, 0.1) is 6.17 Å². The summed E-state index contributed by atoms with van der Waals surface area (Å²) in [7, 11) is 0. The molecule has 130 valence electrons. The molecule has 22 heavy (non-hydrogen) atoms. The number of hydrogen-bond acceptors (Lipinski definition) is 6. The summed E-state index contributed by atoms with van der Waals surface area (Å²) < 4.78 is 0. The van der Waals surface area contributed by atoms with Crippen LogP contribution in [0, 0.1) is 0 Å². The van der Waals surface area contributed by atoms with Gasteiger partial charge in [0.1, 0.15) is 0 Å². The molecule has 0 amide bonds. The van der Waals surface area contributed by atoms with Crippen molar-refractivity contribution in [1.29, 1.82) is 0 Å². The molecular formula is C16H36N6. The molecule has 0 aromatic heterocycles. The van der Waals surface area contributed by atoms with Gasteiger partial charge < -0.3 is 21.3 Å². The minimum atomic E-state index is 0.577. The van der Waals surface area contributed by atoms with Gasteiger partial charge in [0, 0.05) is 78.5 Å². The zero-order valence-electron chi connectivity index (χ0n) is 14.4. The van der Waals surface area contributed by atoms with Crippen molar-refractivity contribution in [2.24, 2.45) is 0 Å². The topological polar surface area (TPSA) is 54.6 Å². The van der Waals surface area contributed by atoms with Crippen molar-refractivity contribution in [3.8, 4) is 0 Å². The SMILES string of the molecule is CCCC(N1CCNCCNCC1)N1CCNCCNCC1. The van der Waals surface area contributed by atoms with Gasteiger partial charge in [-0.25, -0.2) is 0 Å². The standard InChI is InChI=1S/C16H36N6/c1-2-3-16(21-12-8-17-4-5-18-9-13-21)22-14-10-19-6-7-20-11-15-22/h16-20H,2-15H2,1H3. The molecule has 4 N–H and O–H groups in total. The number of nitrogens with zero attached hydrogens (tertiary/aromatic N) is 2. The Bertz CT molecular complexity index is 231. The van der Waals surface area contributed by atoms with E-state index in [0.717, 1.165) is 78.5 Å². The van der Waals surface area contributed by atoms with Gasteiger partial charge in [-0.1, -0.05) is 13.3 Å². The van der Waals surface area contributed by atoms with E-state index in [0.29, 0.717) is 6.17 Å². The van der Waals surface area contributed by atoms with Crippen molar-refractivity contribution < 1.29 is 0 Å². The van der Waals surface area contributed by atoms with E-state index in [2.05, 4.69) is 38.0 Å². The van der Waals surface area contributed by atoms with Crippen LogP contribution in [-0.2, 0) is 0 Å². The Kier molecular flexibility index (Phi) is 9.31. The highest BCUT2D eigenvalue weighted by molar-refractivity contribution is 4.78. The normalized spacial score (nSPS) is 24.8. The summed E-state index contributed by atoms with van der Waals surface area (Å²) in [5.41, 5.74) is 0. The lowest BCUT2D eigenvalue weighted by Crippen LogP contribution is -2.53. The first-order valence-corrected chi connectivity index (χ1v) is 9.23. The first kappa shape index (κ1) is 18.1. The lowest BCUT2D eigenvalue weighted by molar-refractivity contribution is 0.0394. The number of hydrogen-bond donors (Lipinski definition) is 4. The fourth-order valence-electron chi connectivity index (χ4n) is 3.42. The minimum absolute atomic E-state index is 0.577. The Morgan fingerprint density at radius 1 is 0.636 bits per heavy atom. The predicted molar refractivity (Wildman–Crippen MR) is 93.3 cm³/mol. The van der Waals surface area contributed by atoms with E-state index < -0.39 is 0 Å². The summed E-state index contributed by atoms with van der Waals surface area (Å²) in [4.78, 5) is 5.37. The van der Waals surface area contributed by atoms with E-state index >= 15 is 0 Å². The van der Waals surface area contributed by atoms with Gasteiger partial charge in [-0.2, -0.15) is 0 Å². The Hall–Kier alpha value is -0.240. The van der Waals surface area contributed by atoms with E-state index in [1.807, 2.05) is 0 Å². The maximum Gasteiger partial charge on any atom is 0.0624 e. The van der Waals surface area contributed by atoms with Crippen LogP contribution in [0.4, 0.5) is 0 Å². The van der Waals surface area contributed by atoms with Crippen LogP contribution in [0.25, 0.3) is 0 Å². The molecule has 2 fully saturated rings. The molecule has 6 nitrogen and oxygen atoms in total. The largest absolute Gasteiger partial charge is 0.314 e. The van der Waals surface area contributed by atoms with Gasteiger partial charge in [0.2, 0.25) is 0 Å². The summed E-state index contributed by atoms with van der Waals surface area (Å²) in [6, 6.07) is 0. The molecule has 2 heterocycles. The summed E-state index contributed by atoms with van der Waals surface area (Å²) in [6.45, 7) is 15.7. The van der Waals surface area contributed by atoms with Gasteiger partial charge in [-0.05, 0) is 6.42 Å². The molecular weight excluding hydrogens is 276 g/mol. The van der Waals surface area contributed by atoms with Crippen molar-refractivity contribution in [3.63, 3.8) is 0 Å². The predicted octanol–water partition coefficient (Wildman–Crippen LogP) is -0.898. The van der Waals surface area contributed by atoms with Crippen LogP contribution in [0.15, 0.2) is 0 Å². The summed E-state index contributed by atoms with van der Waals surface area (Å²) in [5.74, 6) is 0. The molecule has 0 radical (unpaired) electrons. The molecule has 2 aliphatic heterocycles. The summed E-state index contributed by atoms with van der Waals surface area (Å²) in [6.07, 6.45) is 3.09. The van der Waals surface area contributed by atoms with Crippen molar-refractivity contribution >= 4 is 0 Å². The third kappa shape index (κ3) is 6.48. The highest BCUT2D eigenvalue weighted by Gasteiger charge is 2.24. The van der Waals surface area contributed by atoms with Crippen molar-refractivity contribution in [1.82, 2.24) is 31.1 Å². The Morgan fingerprint density at radius 2 is 1.00 bits per heavy atom. The van der Waals surface area contributed by atoms with E-state index in [-0.39, 0.29) is 0 Å². The summed E-state index contributed by atoms with van der Waals surface area (Å²) >= 11 is 0. The quantitative estimate of drug-likeness (QED) is 0.540. The number of nitrogens with one attached hydrogen (secondary N) is 4. The van der Waals surface area contributed by atoms with Gasteiger partial charge in [0.15, 0.2) is 0 Å². The Morgan fingerprint density at radius 3 is 1.32 bits per heavy atom. The first-order chi connectivity index (χ1) is 10.9. The van der Waals surface area contributed by atoms with Gasteiger partial charge in [0.25, 0.3) is 0 Å². The van der Waals surface area contributed by atoms with E-state index in [4.69, 9.17) is 0 Å². The van der Waals surface area contributed by atoms with E-state index in [1.165, 1.54) is 12.8 Å². The fraction of sp³-hybridized carbons (Fsp3) is 1.00. The molecule has 6 heteroatoms. The second kappa shape index (κ2) is 11.3. The second-order valence-electron chi connectivity index (χ2n) is 6.34. The molecule has 0 bridgehead atoms. The lowest BCUT2D eigenvalue weighted by atomic mass is 10.2. The lowest BCUT2D eigenvalue weighted by Gasteiger charge is -2.40. The van der Waals surface area contributed by atoms with Crippen LogP contribution in [0.5, 0.6) is 0 Å². The van der Waals surface area contributed by atoms with Crippen LogP contribution in [0.2, 0.25) is 0 Å². The zero-order valence-corrected chi connectivity index (χ0v) is 14.4. The van der Waals surface area contributed by atoms with Crippen molar-refractivity contribution in [3.05, 3.63) is 0 Å². The monoisotopic (exact) mass is 312 g/mol. The number of rotatable bonds is 4. The van der Waals surface area contributed by atoms with Crippen molar-refractivity contribution in [2.45, 2.75) is 25.9 Å². The third-order valence-electron chi connectivity index (χ3n) is 4.65. The zero-order chi connectivity index (χ0) is 15.5. The first-order valence-electron chi connectivity index (χ1n) is 9.23. The fourth-order valence-corrected chi connectivity index (χ4v) is 3.42. The minimum Gasteiger partial charge on any atom is -0.314 e. The summed E-state index contributed by atoms with van der Waals surface area (Å²) in [5, 5.41) is 14.2. The maximum absolute atomic E-state index is 3.54. The Balaban J connectivity index is 1.97. The van der Waals surface area contributed by atoms with Gasteiger partial charge in [-0.3, -0.25) is 9.80 Å². The molecule has 0 aromatic carbocycles. The van der Waals surface area contributed by atoms with Gasteiger partial charge in [-0.15, -0.1) is 0 Å². The van der Waals surface area contributed by atoms with Crippen LogP contribution in [0.3, 0.4) is 0 Å². The van der Waals surface area contributed by atoms with E-state index in [1.54, 1.807) is 0 Å². The molecule has 0 aliphatic carbocycles. The highest BCUT2D eigenvalue weighted by atomic mass is 15.4. The second-order valence-corrected chi connectivity index (χ2v) is 6.34. The molecule has 2 aliphatic rings. The molecule has 2 saturated heterocycles. The molecule has 2 rings (SSSR count). The molecule has 0 unspecified atom stereocenters. The van der Waals surface area contributed by atoms with Crippen LogP contribution < -0.4 is 21.3 Å². The molecule has 0 spiro atoms. The third-order valence-corrected chi connectivity index (χ3v) is 4.65. The van der Waals surface area contributed by atoms with Crippen molar-refractivity contribution in [2.75, 3.05) is 78.5 Å². The Labute approximate surface area is 136 Å². The van der Waals surface area contributed by atoms with Crippen LogP contribution in [0.1, 0.15) is 19.8 Å². The average molecular weight is 313 g/mol. The average Bonchev–Trinajstić information content (AvgIpc) is 2.75. The van der Waals surface area contributed by atoms with E-state index in [9.17, 15) is 0 Å². The van der Waals surface area contributed by atoms with Gasteiger partial charge >= 0.3 is 0 Å². The van der Waals surface area contributed by atoms with Crippen LogP contribution in [-0.4, -0.2) is 94.5 Å². The molecule has 0 saturated carbocycles.